The van der Waals surface area contributed by atoms with E-state index >= 15 is 0 Å². The third kappa shape index (κ3) is 2.34. The lowest BCUT2D eigenvalue weighted by atomic mass is 10.2. The Morgan fingerprint density at radius 2 is 2.20 bits per heavy atom. The number of benzene rings is 1. The van der Waals surface area contributed by atoms with Crippen LogP contribution in [0, 0.1) is 9.39 Å². The zero-order valence-corrected chi connectivity index (χ0v) is 10.3. The number of halogens is 2. The molecule has 3 nitrogen and oxygen atoms in total. The van der Waals surface area contributed by atoms with Crippen molar-refractivity contribution in [1.82, 2.24) is 0 Å². The molecule has 82 valence electrons. The van der Waals surface area contributed by atoms with Gasteiger partial charge in [0.2, 0.25) is 0 Å². The van der Waals surface area contributed by atoms with Crippen LogP contribution in [-0.4, -0.2) is 13.2 Å². The minimum absolute atomic E-state index is 0.256. The van der Waals surface area contributed by atoms with Crippen LogP contribution in [0.2, 0.25) is 0 Å². The minimum atomic E-state index is -0.256. The summed E-state index contributed by atoms with van der Waals surface area (Å²) in [4.78, 5) is 5.42. The van der Waals surface area contributed by atoms with Crippen molar-refractivity contribution < 1.29 is 9.23 Å². The fourth-order valence-electron chi connectivity index (χ4n) is 1.55. The van der Waals surface area contributed by atoms with Crippen LogP contribution < -0.4 is 10.8 Å². The molecule has 0 spiro atoms. The molecule has 0 bridgehead atoms. The number of hydroxylamine groups is 1. The van der Waals surface area contributed by atoms with Gasteiger partial charge in [0.25, 0.3) is 0 Å². The fraction of sp³-hybridized carbons (Fsp3) is 0.400. The van der Waals surface area contributed by atoms with Gasteiger partial charge < -0.3 is 5.73 Å². The molecular formula is C10H12FIN2O. The van der Waals surface area contributed by atoms with E-state index in [1.54, 1.807) is 11.1 Å². The molecule has 2 rings (SSSR count). The van der Waals surface area contributed by atoms with Crippen molar-refractivity contribution >= 4 is 34.0 Å². The highest BCUT2D eigenvalue weighted by Crippen LogP contribution is 2.29. The van der Waals surface area contributed by atoms with Crippen molar-refractivity contribution in [3.05, 3.63) is 21.5 Å². The molecule has 0 unspecified atom stereocenters. The van der Waals surface area contributed by atoms with Crippen molar-refractivity contribution in [2.24, 2.45) is 0 Å². The fourth-order valence-corrected chi connectivity index (χ4v) is 2.05. The Hall–Kier alpha value is -0.560. The summed E-state index contributed by atoms with van der Waals surface area (Å²) >= 11 is 1.92. The summed E-state index contributed by atoms with van der Waals surface area (Å²) in [6.45, 7) is 1.44. The lowest BCUT2D eigenvalue weighted by Gasteiger charge is -2.28. The molecule has 0 aromatic heterocycles. The molecule has 0 atom stereocenters. The van der Waals surface area contributed by atoms with Gasteiger partial charge in [-0.1, -0.05) is 0 Å². The standard InChI is InChI=1S/C10H12FIN2O/c11-7-5-10(9(13)6-8(7)12)14-3-1-2-4-15-14/h5-6H,1-4,13H2. The Bertz CT molecular complexity index is 367. The van der Waals surface area contributed by atoms with Crippen molar-refractivity contribution in [3.8, 4) is 0 Å². The molecule has 0 amide bonds. The van der Waals surface area contributed by atoms with Crippen LogP contribution in [0.25, 0.3) is 0 Å². The molecule has 15 heavy (non-hydrogen) atoms. The average Bonchev–Trinajstić information content (AvgIpc) is 2.25. The predicted molar refractivity (Wildman–Crippen MR) is 66.1 cm³/mol. The van der Waals surface area contributed by atoms with Crippen molar-refractivity contribution in [3.63, 3.8) is 0 Å². The smallest absolute Gasteiger partial charge is 0.138 e. The summed E-state index contributed by atoms with van der Waals surface area (Å²) in [5.41, 5.74) is 7.02. The highest BCUT2D eigenvalue weighted by molar-refractivity contribution is 14.1. The quantitative estimate of drug-likeness (QED) is 0.638. The van der Waals surface area contributed by atoms with E-state index in [9.17, 15) is 4.39 Å². The van der Waals surface area contributed by atoms with Crippen LogP contribution in [0.1, 0.15) is 12.8 Å². The van der Waals surface area contributed by atoms with Gasteiger partial charge in [0, 0.05) is 12.6 Å². The molecule has 1 fully saturated rings. The maximum Gasteiger partial charge on any atom is 0.138 e. The highest BCUT2D eigenvalue weighted by Gasteiger charge is 2.16. The van der Waals surface area contributed by atoms with Gasteiger partial charge in [0.05, 0.1) is 21.6 Å². The first-order chi connectivity index (χ1) is 7.18. The molecule has 1 heterocycles. The summed E-state index contributed by atoms with van der Waals surface area (Å²) in [6, 6.07) is 3.06. The molecular weight excluding hydrogens is 310 g/mol. The van der Waals surface area contributed by atoms with Gasteiger partial charge >= 0.3 is 0 Å². The molecule has 1 saturated heterocycles. The van der Waals surface area contributed by atoms with Crippen LogP contribution in [0.3, 0.4) is 0 Å². The van der Waals surface area contributed by atoms with E-state index in [-0.39, 0.29) is 5.82 Å². The first-order valence-corrected chi connectivity index (χ1v) is 5.91. The average molecular weight is 322 g/mol. The van der Waals surface area contributed by atoms with E-state index in [1.807, 2.05) is 22.6 Å². The Kier molecular flexibility index (Phi) is 3.30. The molecule has 1 aromatic rings. The topological polar surface area (TPSA) is 38.5 Å². The second-order valence-corrected chi connectivity index (χ2v) is 4.63. The van der Waals surface area contributed by atoms with Gasteiger partial charge in [-0.05, 0) is 41.5 Å². The molecule has 5 heteroatoms. The van der Waals surface area contributed by atoms with Gasteiger partial charge in [-0.15, -0.1) is 0 Å². The minimum Gasteiger partial charge on any atom is -0.397 e. The van der Waals surface area contributed by atoms with Gasteiger partial charge in [0.15, 0.2) is 0 Å². The monoisotopic (exact) mass is 322 g/mol. The molecule has 0 aliphatic carbocycles. The zero-order chi connectivity index (χ0) is 10.8. The highest BCUT2D eigenvalue weighted by atomic mass is 127. The summed E-state index contributed by atoms with van der Waals surface area (Å²) < 4.78 is 13.9. The van der Waals surface area contributed by atoms with E-state index in [0.29, 0.717) is 21.6 Å². The first-order valence-electron chi connectivity index (χ1n) is 4.83. The van der Waals surface area contributed by atoms with Crippen LogP contribution in [0.15, 0.2) is 12.1 Å². The third-order valence-corrected chi connectivity index (χ3v) is 3.17. The van der Waals surface area contributed by atoms with Gasteiger partial charge in [-0.2, -0.15) is 0 Å². The van der Waals surface area contributed by atoms with Gasteiger partial charge in [-0.25, -0.2) is 4.39 Å². The van der Waals surface area contributed by atoms with E-state index in [2.05, 4.69) is 0 Å². The van der Waals surface area contributed by atoms with Crippen LogP contribution >= 0.6 is 22.6 Å². The van der Waals surface area contributed by atoms with Crippen molar-refractivity contribution in [2.45, 2.75) is 12.8 Å². The number of anilines is 2. The number of hydrogen-bond acceptors (Lipinski definition) is 3. The van der Waals surface area contributed by atoms with E-state index in [0.717, 1.165) is 19.4 Å². The van der Waals surface area contributed by atoms with E-state index in [4.69, 9.17) is 10.6 Å². The summed E-state index contributed by atoms with van der Waals surface area (Å²) in [5, 5.41) is 1.68. The third-order valence-electron chi connectivity index (χ3n) is 2.34. The maximum atomic E-state index is 13.4. The molecule has 2 N–H and O–H groups in total. The van der Waals surface area contributed by atoms with Crippen molar-refractivity contribution in [1.29, 1.82) is 0 Å². The van der Waals surface area contributed by atoms with Crippen LogP contribution in [0.4, 0.5) is 15.8 Å². The van der Waals surface area contributed by atoms with E-state index < -0.39 is 0 Å². The van der Waals surface area contributed by atoms with Crippen LogP contribution in [0.5, 0.6) is 0 Å². The molecule has 1 aromatic carbocycles. The summed E-state index contributed by atoms with van der Waals surface area (Å²) in [5.74, 6) is -0.256. The summed E-state index contributed by atoms with van der Waals surface area (Å²) in [7, 11) is 0. The van der Waals surface area contributed by atoms with Crippen molar-refractivity contribution in [2.75, 3.05) is 23.9 Å². The SMILES string of the molecule is Nc1cc(I)c(F)cc1N1CCCCO1. The van der Waals surface area contributed by atoms with Crippen LogP contribution in [-0.2, 0) is 4.84 Å². The predicted octanol–water partition coefficient (Wildman–Crippen LogP) is 2.54. The maximum absolute atomic E-state index is 13.4. The number of rotatable bonds is 1. The van der Waals surface area contributed by atoms with E-state index in [1.165, 1.54) is 6.07 Å². The second kappa shape index (κ2) is 4.52. The zero-order valence-electron chi connectivity index (χ0n) is 8.17. The molecule has 1 aliphatic rings. The number of nitrogen functional groups attached to an aromatic ring is 1. The van der Waals surface area contributed by atoms with Gasteiger partial charge in [0.1, 0.15) is 5.82 Å². The molecule has 1 aliphatic heterocycles. The number of nitrogens with two attached hydrogens (primary N) is 1. The Morgan fingerprint density at radius 1 is 1.40 bits per heavy atom. The Labute approximate surface area is 101 Å². The molecule has 0 radical (unpaired) electrons. The Morgan fingerprint density at radius 3 is 2.87 bits per heavy atom. The molecule has 0 saturated carbocycles. The Balaban J connectivity index is 2.30. The number of hydrogen-bond donors (Lipinski definition) is 1. The first kappa shape index (κ1) is 10.9. The lowest BCUT2D eigenvalue weighted by Crippen LogP contribution is -2.30. The lowest BCUT2D eigenvalue weighted by molar-refractivity contribution is 0.0780. The van der Waals surface area contributed by atoms with Gasteiger partial charge in [-0.3, -0.25) is 9.90 Å². The second-order valence-electron chi connectivity index (χ2n) is 3.47. The summed E-state index contributed by atoms with van der Waals surface area (Å²) in [6.07, 6.45) is 2.09. The number of nitrogens with zero attached hydrogens (tertiary/aromatic N) is 1. The normalized spacial score (nSPS) is 16.8. The largest absolute Gasteiger partial charge is 0.397 e.